The first kappa shape index (κ1) is 8.43. The lowest BCUT2D eigenvalue weighted by Gasteiger charge is -2.12. The molecular weight excluding hydrogens is 116 g/mol. The lowest BCUT2D eigenvalue weighted by molar-refractivity contribution is -0.118. The van der Waals surface area contributed by atoms with Crippen molar-refractivity contribution < 1.29 is 4.79 Å². The minimum absolute atomic E-state index is 0.0810. The van der Waals surface area contributed by atoms with E-state index in [4.69, 9.17) is 11.5 Å². The third-order valence-electron chi connectivity index (χ3n) is 1.29. The Bertz CT molecular complexity index is 101. The standard InChI is InChI=1S/C6H14N2O/c1-4(2)5(7)3-6(8)9/h4-5H,3,7H2,1-2H3,(H2,8,9)/t5-/m1/s1. The highest BCUT2D eigenvalue weighted by molar-refractivity contribution is 5.74. The molecule has 0 unspecified atom stereocenters. The molecule has 0 heterocycles. The molecule has 54 valence electrons. The predicted molar refractivity (Wildman–Crippen MR) is 36.6 cm³/mol. The van der Waals surface area contributed by atoms with Crippen molar-refractivity contribution in [3.8, 4) is 0 Å². The van der Waals surface area contributed by atoms with Gasteiger partial charge in [0, 0.05) is 12.5 Å². The van der Waals surface area contributed by atoms with Gasteiger partial charge in [-0.2, -0.15) is 0 Å². The van der Waals surface area contributed by atoms with Crippen molar-refractivity contribution in [1.82, 2.24) is 0 Å². The smallest absolute Gasteiger partial charge is 0.218 e. The van der Waals surface area contributed by atoms with Crippen LogP contribution >= 0.6 is 0 Å². The molecule has 1 amide bonds. The zero-order chi connectivity index (χ0) is 7.44. The first-order chi connectivity index (χ1) is 4.04. The molecule has 1 atom stereocenters. The fraction of sp³-hybridized carbons (Fsp3) is 0.833. The molecule has 0 aliphatic rings. The van der Waals surface area contributed by atoms with E-state index >= 15 is 0 Å². The molecule has 3 heteroatoms. The highest BCUT2D eigenvalue weighted by Crippen LogP contribution is 2.00. The molecule has 0 aromatic carbocycles. The van der Waals surface area contributed by atoms with Gasteiger partial charge in [-0.1, -0.05) is 13.8 Å². The summed E-state index contributed by atoms with van der Waals surface area (Å²) in [4.78, 5) is 10.3. The molecule has 0 aromatic rings. The van der Waals surface area contributed by atoms with Gasteiger partial charge in [0.25, 0.3) is 0 Å². The molecule has 0 fully saturated rings. The summed E-state index contributed by atoms with van der Waals surface area (Å²) in [5.74, 6) is 0.00806. The summed E-state index contributed by atoms with van der Waals surface area (Å²) in [6.45, 7) is 3.93. The Morgan fingerprint density at radius 2 is 2.00 bits per heavy atom. The fourth-order valence-electron chi connectivity index (χ4n) is 0.468. The topological polar surface area (TPSA) is 69.1 Å². The summed E-state index contributed by atoms with van der Waals surface area (Å²) >= 11 is 0. The SMILES string of the molecule is CC(C)[C@H](N)CC(N)=O. The van der Waals surface area contributed by atoms with E-state index in [1.165, 1.54) is 0 Å². The van der Waals surface area contributed by atoms with Crippen LogP contribution < -0.4 is 11.5 Å². The Morgan fingerprint density at radius 3 is 2.11 bits per heavy atom. The Hall–Kier alpha value is -0.570. The lowest BCUT2D eigenvalue weighted by Crippen LogP contribution is -2.31. The summed E-state index contributed by atoms with van der Waals surface area (Å²) in [7, 11) is 0. The maximum Gasteiger partial charge on any atom is 0.218 e. The molecule has 0 spiro atoms. The summed E-state index contributed by atoms with van der Waals surface area (Å²) in [6, 6.07) is -0.0810. The summed E-state index contributed by atoms with van der Waals surface area (Å²) in [5.41, 5.74) is 10.4. The van der Waals surface area contributed by atoms with Gasteiger partial charge in [0.15, 0.2) is 0 Å². The van der Waals surface area contributed by atoms with Crippen molar-refractivity contribution in [3.63, 3.8) is 0 Å². The Kier molecular flexibility index (Phi) is 3.24. The Balaban J connectivity index is 3.50. The number of rotatable bonds is 3. The summed E-state index contributed by atoms with van der Waals surface area (Å²) in [6.07, 6.45) is 0.289. The Labute approximate surface area is 55.4 Å². The van der Waals surface area contributed by atoms with Crippen LogP contribution in [0.5, 0.6) is 0 Å². The molecule has 0 aromatic heterocycles. The quantitative estimate of drug-likeness (QED) is 0.557. The molecule has 0 saturated carbocycles. The van der Waals surface area contributed by atoms with E-state index in [1.54, 1.807) is 0 Å². The average molecular weight is 130 g/mol. The van der Waals surface area contributed by atoms with Gasteiger partial charge < -0.3 is 11.5 Å². The maximum absolute atomic E-state index is 10.3. The number of amides is 1. The second-order valence-corrected chi connectivity index (χ2v) is 2.58. The number of carbonyl (C=O) groups is 1. The molecule has 0 bridgehead atoms. The van der Waals surface area contributed by atoms with Crippen molar-refractivity contribution in [2.75, 3.05) is 0 Å². The van der Waals surface area contributed by atoms with Gasteiger partial charge in [0.2, 0.25) is 5.91 Å². The van der Waals surface area contributed by atoms with Crippen LogP contribution in [0.25, 0.3) is 0 Å². The maximum atomic E-state index is 10.3. The monoisotopic (exact) mass is 130 g/mol. The largest absolute Gasteiger partial charge is 0.370 e. The fourth-order valence-corrected chi connectivity index (χ4v) is 0.468. The molecule has 3 nitrogen and oxygen atoms in total. The summed E-state index contributed by atoms with van der Waals surface area (Å²) < 4.78 is 0. The van der Waals surface area contributed by atoms with Crippen LogP contribution in [-0.4, -0.2) is 11.9 Å². The molecule has 0 radical (unpaired) electrons. The number of hydrogen-bond acceptors (Lipinski definition) is 2. The predicted octanol–water partition coefficient (Wildman–Crippen LogP) is -0.155. The summed E-state index contributed by atoms with van der Waals surface area (Å²) in [5, 5.41) is 0. The van der Waals surface area contributed by atoms with Crippen LogP contribution in [-0.2, 0) is 4.79 Å². The van der Waals surface area contributed by atoms with Gasteiger partial charge in [-0.3, -0.25) is 4.79 Å². The van der Waals surface area contributed by atoms with E-state index < -0.39 is 0 Å². The second kappa shape index (κ2) is 3.45. The van der Waals surface area contributed by atoms with Crippen molar-refractivity contribution >= 4 is 5.91 Å². The van der Waals surface area contributed by atoms with Crippen molar-refractivity contribution in [3.05, 3.63) is 0 Å². The third kappa shape index (κ3) is 3.97. The van der Waals surface area contributed by atoms with Crippen molar-refractivity contribution in [2.45, 2.75) is 26.3 Å². The van der Waals surface area contributed by atoms with Crippen molar-refractivity contribution in [1.29, 1.82) is 0 Å². The first-order valence-corrected chi connectivity index (χ1v) is 3.08. The van der Waals surface area contributed by atoms with Crippen LogP contribution in [0.2, 0.25) is 0 Å². The van der Waals surface area contributed by atoms with Crippen LogP contribution in [0.3, 0.4) is 0 Å². The molecule has 0 saturated heterocycles. The van der Waals surface area contributed by atoms with Gasteiger partial charge in [-0.15, -0.1) is 0 Å². The number of hydrogen-bond donors (Lipinski definition) is 2. The van der Waals surface area contributed by atoms with E-state index in [0.29, 0.717) is 5.92 Å². The molecule has 0 aliphatic carbocycles. The number of primary amides is 1. The van der Waals surface area contributed by atoms with E-state index in [0.717, 1.165) is 0 Å². The highest BCUT2D eigenvalue weighted by atomic mass is 16.1. The van der Waals surface area contributed by atoms with Gasteiger partial charge in [0.1, 0.15) is 0 Å². The Morgan fingerprint density at radius 1 is 1.56 bits per heavy atom. The number of carbonyl (C=O) groups excluding carboxylic acids is 1. The van der Waals surface area contributed by atoms with Crippen molar-refractivity contribution in [2.24, 2.45) is 17.4 Å². The van der Waals surface area contributed by atoms with Crippen LogP contribution in [0.15, 0.2) is 0 Å². The highest BCUT2D eigenvalue weighted by Gasteiger charge is 2.09. The second-order valence-electron chi connectivity index (χ2n) is 2.58. The van der Waals surface area contributed by atoms with E-state index in [2.05, 4.69) is 0 Å². The van der Waals surface area contributed by atoms with Crippen LogP contribution in [0.4, 0.5) is 0 Å². The number of nitrogens with two attached hydrogens (primary N) is 2. The van der Waals surface area contributed by atoms with E-state index in [-0.39, 0.29) is 18.4 Å². The molecule has 0 aliphatic heterocycles. The van der Waals surface area contributed by atoms with Gasteiger partial charge in [-0.25, -0.2) is 0 Å². The van der Waals surface area contributed by atoms with Gasteiger partial charge in [0.05, 0.1) is 0 Å². The minimum atomic E-state index is -0.323. The van der Waals surface area contributed by atoms with Gasteiger partial charge >= 0.3 is 0 Å². The van der Waals surface area contributed by atoms with E-state index in [9.17, 15) is 4.79 Å². The zero-order valence-electron chi connectivity index (χ0n) is 5.92. The lowest BCUT2D eigenvalue weighted by atomic mass is 10.0. The third-order valence-corrected chi connectivity index (χ3v) is 1.29. The van der Waals surface area contributed by atoms with Crippen LogP contribution in [0.1, 0.15) is 20.3 Å². The average Bonchev–Trinajstić information content (AvgIpc) is 1.63. The molecule has 9 heavy (non-hydrogen) atoms. The zero-order valence-corrected chi connectivity index (χ0v) is 5.92. The van der Waals surface area contributed by atoms with E-state index in [1.807, 2.05) is 13.8 Å². The molecule has 0 rings (SSSR count). The van der Waals surface area contributed by atoms with Gasteiger partial charge in [-0.05, 0) is 5.92 Å². The van der Waals surface area contributed by atoms with Crippen LogP contribution in [0, 0.1) is 5.92 Å². The molecule has 4 N–H and O–H groups in total. The molecular formula is C6H14N2O. The first-order valence-electron chi connectivity index (χ1n) is 3.08. The minimum Gasteiger partial charge on any atom is -0.370 e. The normalized spacial score (nSPS) is 13.8.